The van der Waals surface area contributed by atoms with Crippen LogP contribution in [0.15, 0.2) is 170 Å². The van der Waals surface area contributed by atoms with Gasteiger partial charge in [0, 0.05) is 22.3 Å². The lowest BCUT2D eigenvalue weighted by atomic mass is 10.1. The van der Waals surface area contributed by atoms with E-state index in [0.717, 1.165) is 59.4 Å². The van der Waals surface area contributed by atoms with Crippen molar-refractivity contribution >= 4 is 23.9 Å². The van der Waals surface area contributed by atoms with E-state index in [4.69, 9.17) is 28.4 Å². The zero-order valence-electron chi connectivity index (χ0n) is 51.6. The van der Waals surface area contributed by atoms with E-state index < -0.39 is 23.9 Å². The minimum Gasteiger partial charge on any atom is -0.494 e. The largest absolute Gasteiger partial charge is 0.494 e. The molecule has 7 rings (SSSR count). The van der Waals surface area contributed by atoms with Crippen molar-refractivity contribution in [3.8, 4) is 58.2 Å². The first-order valence-corrected chi connectivity index (χ1v) is 32.1. The topological polar surface area (TPSA) is 124 Å². The van der Waals surface area contributed by atoms with Crippen molar-refractivity contribution in [1.29, 1.82) is 0 Å². The van der Waals surface area contributed by atoms with Gasteiger partial charge in [0.25, 0.3) is 0 Å². The number of esters is 4. The van der Waals surface area contributed by atoms with E-state index in [1.165, 1.54) is 128 Å². The van der Waals surface area contributed by atoms with E-state index >= 15 is 0 Å². The lowest BCUT2D eigenvalue weighted by Crippen LogP contribution is -2.10. The van der Waals surface area contributed by atoms with Crippen LogP contribution in [0.4, 0.5) is 0 Å². The number of unbranched alkanes of at least 4 members (excludes halogenated alkanes) is 22. The molecule has 0 saturated carbocycles. The molecule has 10 heteroatoms. The molecule has 7 aromatic rings. The summed E-state index contributed by atoms with van der Waals surface area (Å²) in [7, 11) is 0. The summed E-state index contributed by atoms with van der Waals surface area (Å²) in [6.45, 7) is 5.81. The van der Waals surface area contributed by atoms with Crippen LogP contribution in [0.1, 0.15) is 232 Å². The van der Waals surface area contributed by atoms with Gasteiger partial charge in [-0.1, -0.05) is 185 Å². The van der Waals surface area contributed by atoms with Crippen LogP contribution < -0.4 is 28.4 Å². The summed E-state index contributed by atoms with van der Waals surface area (Å²) in [6.07, 6.45) is 31.0. The standard InChI is InChI=1S/C78H86O10/c1-3-5-7-9-11-13-15-17-19-21-23-25-58-83-69-50-38-65(39-51-69)75(79)87-73-54-42-67(43-55-73)77(81)85-71-46-34-61(35-47-71)30-32-63-28-27-29-64(60-63)33-31-62-36-48-72(49-37-62)86-78(82)68-44-56-74(57-45-68)88-76(80)66-40-52-70(53-41-66)84-59-26-24-22-20-18-16-14-12-10-8-6-4-2/h27-29,34-57,60H,3-26,58-59H2,1-2H3. The molecule has 0 aliphatic carbocycles. The fourth-order valence-electron chi connectivity index (χ4n) is 9.80. The van der Waals surface area contributed by atoms with E-state index in [1.54, 1.807) is 146 Å². The van der Waals surface area contributed by atoms with Crippen molar-refractivity contribution < 1.29 is 47.6 Å². The average Bonchev–Trinajstić information content (AvgIpc) is 3.72. The molecule has 0 aromatic heterocycles. The van der Waals surface area contributed by atoms with E-state index in [-0.39, 0.29) is 0 Å². The number of hydrogen-bond acceptors (Lipinski definition) is 10. The van der Waals surface area contributed by atoms with Crippen LogP contribution in [0.3, 0.4) is 0 Å². The van der Waals surface area contributed by atoms with Gasteiger partial charge < -0.3 is 28.4 Å². The molecule has 0 atom stereocenters. The zero-order valence-corrected chi connectivity index (χ0v) is 51.6. The average molecular weight is 1180 g/mol. The Bertz CT molecular complexity index is 3100. The van der Waals surface area contributed by atoms with Crippen LogP contribution in [0.5, 0.6) is 34.5 Å². The van der Waals surface area contributed by atoms with Crippen LogP contribution in [0.2, 0.25) is 0 Å². The summed E-state index contributed by atoms with van der Waals surface area (Å²) in [4.78, 5) is 51.7. The summed E-state index contributed by atoms with van der Waals surface area (Å²) >= 11 is 0. The van der Waals surface area contributed by atoms with E-state index in [2.05, 4.69) is 37.5 Å². The number of benzene rings is 7. The number of carbonyl (C=O) groups excluding carboxylic acids is 4. The number of hydrogen-bond donors (Lipinski definition) is 0. The van der Waals surface area contributed by atoms with Gasteiger partial charge in [-0.25, -0.2) is 19.2 Å². The maximum Gasteiger partial charge on any atom is 0.343 e. The summed E-state index contributed by atoms with van der Waals surface area (Å²) < 4.78 is 34.2. The van der Waals surface area contributed by atoms with Crippen molar-refractivity contribution in [1.82, 2.24) is 0 Å². The molecular weight excluding hydrogens is 1100 g/mol. The first-order valence-electron chi connectivity index (χ1n) is 32.1. The van der Waals surface area contributed by atoms with Gasteiger partial charge in [0.15, 0.2) is 0 Å². The van der Waals surface area contributed by atoms with Crippen LogP contribution in [0, 0.1) is 23.7 Å². The Balaban J connectivity index is 0.762. The fourth-order valence-corrected chi connectivity index (χ4v) is 9.80. The van der Waals surface area contributed by atoms with Gasteiger partial charge in [-0.2, -0.15) is 0 Å². The SMILES string of the molecule is CCCCCCCCCCCCCCOc1ccc(C(=O)Oc2ccc(C(=O)Oc3ccc(C#Cc4cccc(C#Cc5ccc(OC(=O)c6ccc(OC(=O)c7ccc(OCCCCCCCCCCCCCC)cc7)cc6)cc5)c4)cc3)cc2)cc1. The lowest BCUT2D eigenvalue weighted by molar-refractivity contribution is 0.0720. The molecule has 0 aliphatic rings. The number of rotatable bonds is 36. The summed E-state index contributed by atoms with van der Waals surface area (Å²) in [5.41, 5.74) is 4.36. The van der Waals surface area contributed by atoms with Crippen molar-refractivity contribution in [2.24, 2.45) is 0 Å². The van der Waals surface area contributed by atoms with E-state index in [1.807, 2.05) is 24.3 Å². The highest BCUT2D eigenvalue weighted by molar-refractivity contribution is 5.94. The van der Waals surface area contributed by atoms with Crippen LogP contribution in [-0.2, 0) is 0 Å². The normalized spacial score (nSPS) is 10.7. The van der Waals surface area contributed by atoms with Gasteiger partial charge in [0.2, 0.25) is 0 Å². The molecule has 0 amide bonds. The highest BCUT2D eigenvalue weighted by atomic mass is 16.5. The van der Waals surface area contributed by atoms with Crippen molar-refractivity contribution in [3.05, 3.63) is 214 Å². The fraction of sp³-hybridized carbons (Fsp3) is 0.359. The minimum absolute atomic E-state index is 0.296. The molecular formula is C78H86O10. The van der Waals surface area contributed by atoms with E-state index in [9.17, 15) is 19.2 Å². The van der Waals surface area contributed by atoms with Crippen molar-refractivity contribution in [2.75, 3.05) is 13.2 Å². The van der Waals surface area contributed by atoms with Gasteiger partial charge >= 0.3 is 23.9 Å². The van der Waals surface area contributed by atoms with Gasteiger partial charge in [-0.05, 0) is 177 Å². The predicted molar refractivity (Wildman–Crippen MR) is 350 cm³/mol. The second-order valence-corrected chi connectivity index (χ2v) is 22.3. The Kier molecular flexibility index (Phi) is 29.6. The van der Waals surface area contributed by atoms with Gasteiger partial charge in [0.1, 0.15) is 34.5 Å². The first-order chi connectivity index (χ1) is 43.2. The Morgan fingerprint density at radius 3 is 0.761 bits per heavy atom. The lowest BCUT2D eigenvalue weighted by Gasteiger charge is -2.08. The molecule has 10 nitrogen and oxygen atoms in total. The number of carbonyl (C=O) groups is 4. The van der Waals surface area contributed by atoms with Gasteiger partial charge in [-0.15, -0.1) is 0 Å². The molecule has 0 spiro atoms. The Morgan fingerprint density at radius 2 is 0.489 bits per heavy atom. The maximum absolute atomic E-state index is 13.0. The number of ether oxygens (including phenoxy) is 6. The Morgan fingerprint density at radius 1 is 0.261 bits per heavy atom. The molecule has 7 aromatic carbocycles. The quantitative estimate of drug-likeness (QED) is 0.0162. The third kappa shape index (κ3) is 25.2. The molecule has 88 heavy (non-hydrogen) atoms. The molecule has 0 saturated heterocycles. The third-order valence-electron chi connectivity index (χ3n) is 15.0. The van der Waals surface area contributed by atoms with Crippen molar-refractivity contribution in [2.45, 2.75) is 168 Å². The molecule has 0 unspecified atom stereocenters. The molecule has 0 heterocycles. The minimum atomic E-state index is -0.558. The molecule has 0 fully saturated rings. The second kappa shape index (κ2) is 39.0. The molecule has 458 valence electrons. The summed E-state index contributed by atoms with van der Waals surface area (Å²) in [5, 5.41) is 0. The Labute approximate surface area is 522 Å². The molecule has 0 radical (unpaired) electrons. The molecule has 0 N–H and O–H groups in total. The van der Waals surface area contributed by atoms with Crippen LogP contribution >= 0.6 is 0 Å². The van der Waals surface area contributed by atoms with Crippen LogP contribution in [-0.4, -0.2) is 37.1 Å². The zero-order chi connectivity index (χ0) is 61.6. The van der Waals surface area contributed by atoms with Crippen LogP contribution in [0.25, 0.3) is 0 Å². The smallest absolute Gasteiger partial charge is 0.343 e. The molecule has 0 bridgehead atoms. The highest BCUT2D eigenvalue weighted by Gasteiger charge is 2.15. The monoisotopic (exact) mass is 1180 g/mol. The predicted octanol–water partition coefficient (Wildman–Crippen LogP) is 19.5. The molecule has 0 aliphatic heterocycles. The van der Waals surface area contributed by atoms with E-state index in [0.29, 0.717) is 58.5 Å². The Hall–Kier alpha value is -8.86. The second-order valence-electron chi connectivity index (χ2n) is 22.3. The summed E-state index contributed by atoms with van der Waals surface area (Å²) in [6, 6.07) is 47.7. The van der Waals surface area contributed by atoms with Gasteiger partial charge in [-0.3, -0.25) is 0 Å². The van der Waals surface area contributed by atoms with Crippen molar-refractivity contribution in [3.63, 3.8) is 0 Å². The first kappa shape index (κ1) is 66.7. The maximum atomic E-state index is 13.0. The summed E-state index contributed by atoms with van der Waals surface area (Å²) in [5.74, 6) is 13.2. The van der Waals surface area contributed by atoms with Gasteiger partial charge in [0.05, 0.1) is 35.5 Å². The highest BCUT2D eigenvalue weighted by Crippen LogP contribution is 2.23. The third-order valence-corrected chi connectivity index (χ3v) is 15.0.